The Hall–Kier alpha value is -2.97. The molecule has 0 aliphatic carbocycles. The van der Waals surface area contributed by atoms with Gasteiger partial charge in [-0.15, -0.1) is 0 Å². The van der Waals surface area contributed by atoms with E-state index >= 15 is 0 Å². The van der Waals surface area contributed by atoms with Crippen molar-refractivity contribution in [2.24, 2.45) is 0 Å². The fraction of sp³-hybridized carbons (Fsp3) is 0.375. The molecule has 9 heteroatoms. The highest BCUT2D eigenvalue weighted by molar-refractivity contribution is 5.89. The predicted molar refractivity (Wildman–Crippen MR) is 90.9 cm³/mol. The van der Waals surface area contributed by atoms with E-state index in [1.165, 1.54) is 29.5 Å². The van der Waals surface area contributed by atoms with Gasteiger partial charge in [-0.1, -0.05) is 6.92 Å². The van der Waals surface area contributed by atoms with E-state index in [0.29, 0.717) is 5.69 Å². The summed E-state index contributed by atoms with van der Waals surface area (Å²) < 4.78 is 15.4. The van der Waals surface area contributed by atoms with Crippen LogP contribution in [0.4, 0.5) is 14.9 Å². The summed E-state index contributed by atoms with van der Waals surface area (Å²) in [5.41, 5.74) is 0.521. The molecular formula is C16H21FN6O2. The van der Waals surface area contributed by atoms with Crippen molar-refractivity contribution < 1.29 is 14.0 Å². The second-order valence-corrected chi connectivity index (χ2v) is 5.51. The number of hydrogen-bond acceptors (Lipinski definition) is 4. The normalized spacial score (nSPS) is 11.6. The number of hydrogen-bond donors (Lipinski definition) is 3. The highest BCUT2D eigenvalue weighted by Gasteiger charge is 2.09. The zero-order valence-corrected chi connectivity index (χ0v) is 14.1. The number of carbonyl (C=O) groups is 2. The molecule has 25 heavy (non-hydrogen) atoms. The van der Waals surface area contributed by atoms with E-state index in [-0.39, 0.29) is 30.6 Å². The molecule has 1 heterocycles. The van der Waals surface area contributed by atoms with Crippen LogP contribution in [0.3, 0.4) is 0 Å². The van der Waals surface area contributed by atoms with E-state index in [1.54, 1.807) is 6.07 Å². The van der Waals surface area contributed by atoms with Gasteiger partial charge in [0.1, 0.15) is 18.3 Å². The van der Waals surface area contributed by atoms with Crippen molar-refractivity contribution in [2.45, 2.75) is 32.7 Å². The molecule has 0 aliphatic heterocycles. The third-order valence-electron chi connectivity index (χ3n) is 3.53. The molecule has 0 saturated carbocycles. The Morgan fingerprint density at radius 1 is 1.36 bits per heavy atom. The molecule has 0 radical (unpaired) electrons. The molecule has 0 unspecified atom stereocenters. The number of carbonyl (C=O) groups excluding carboxylic acids is 2. The first-order chi connectivity index (χ1) is 12.0. The maximum absolute atomic E-state index is 14.1. The molecule has 3 N–H and O–H groups in total. The molecule has 1 atom stereocenters. The molecule has 0 aliphatic rings. The van der Waals surface area contributed by atoms with Crippen LogP contribution < -0.4 is 16.0 Å². The van der Waals surface area contributed by atoms with E-state index < -0.39 is 11.8 Å². The fourth-order valence-electron chi connectivity index (χ4n) is 2.02. The molecule has 1 aromatic heterocycles. The summed E-state index contributed by atoms with van der Waals surface area (Å²) in [6.45, 7) is 4.08. The molecule has 0 bridgehead atoms. The number of rotatable bonds is 7. The fourth-order valence-corrected chi connectivity index (χ4v) is 2.02. The zero-order chi connectivity index (χ0) is 18.2. The van der Waals surface area contributed by atoms with Crippen molar-refractivity contribution in [3.63, 3.8) is 0 Å². The lowest BCUT2D eigenvalue weighted by Crippen LogP contribution is -2.36. The van der Waals surface area contributed by atoms with Gasteiger partial charge in [0.2, 0.25) is 5.91 Å². The van der Waals surface area contributed by atoms with E-state index in [9.17, 15) is 14.0 Å². The van der Waals surface area contributed by atoms with Crippen LogP contribution in [0.25, 0.3) is 5.69 Å². The zero-order valence-electron chi connectivity index (χ0n) is 14.1. The van der Waals surface area contributed by atoms with Crippen LogP contribution in [-0.4, -0.2) is 39.3 Å². The Morgan fingerprint density at radius 2 is 2.16 bits per heavy atom. The van der Waals surface area contributed by atoms with Gasteiger partial charge in [-0.2, -0.15) is 5.10 Å². The molecule has 3 amide bonds. The van der Waals surface area contributed by atoms with Gasteiger partial charge in [0.05, 0.1) is 0 Å². The summed E-state index contributed by atoms with van der Waals surface area (Å²) in [7, 11) is 0. The minimum Gasteiger partial charge on any atom is -0.354 e. The van der Waals surface area contributed by atoms with Crippen LogP contribution in [0.5, 0.6) is 0 Å². The summed E-state index contributed by atoms with van der Waals surface area (Å²) in [5.74, 6) is -0.672. The molecule has 2 aromatic rings. The van der Waals surface area contributed by atoms with Crippen LogP contribution in [0.2, 0.25) is 0 Å². The number of halogens is 1. The van der Waals surface area contributed by atoms with Gasteiger partial charge in [-0.25, -0.2) is 18.9 Å². The standard InChI is InChI=1S/C16H21FN6O2/c1-3-11(2)21-15(24)6-7-19-16(25)22-12-4-5-14(13(17)8-12)23-10-18-9-20-23/h4-5,8-11H,3,6-7H2,1-2H3,(H,21,24)(H2,19,22,25)/t11-/m0/s1. The summed E-state index contributed by atoms with van der Waals surface area (Å²) in [6.07, 6.45) is 3.70. The van der Waals surface area contributed by atoms with Crippen LogP contribution >= 0.6 is 0 Å². The maximum Gasteiger partial charge on any atom is 0.319 e. The number of nitrogens with zero attached hydrogens (tertiary/aromatic N) is 3. The van der Waals surface area contributed by atoms with Crippen LogP contribution in [0, 0.1) is 5.82 Å². The highest BCUT2D eigenvalue weighted by atomic mass is 19.1. The molecule has 1 aromatic carbocycles. The van der Waals surface area contributed by atoms with Gasteiger partial charge < -0.3 is 16.0 Å². The largest absolute Gasteiger partial charge is 0.354 e. The Kier molecular flexibility index (Phi) is 6.44. The summed E-state index contributed by atoms with van der Waals surface area (Å²) in [4.78, 5) is 27.1. The minimum absolute atomic E-state index is 0.104. The first kappa shape index (κ1) is 18.4. The highest BCUT2D eigenvalue weighted by Crippen LogP contribution is 2.17. The second kappa shape index (κ2) is 8.76. The molecule has 2 rings (SSSR count). The molecule has 134 valence electrons. The quantitative estimate of drug-likeness (QED) is 0.710. The van der Waals surface area contributed by atoms with Crippen molar-refractivity contribution in [3.05, 3.63) is 36.7 Å². The molecule has 0 spiro atoms. The third kappa shape index (κ3) is 5.55. The average Bonchev–Trinajstić information content (AvgIpc) is 3.09. The lowest BCUT2D eigenvalue weighted by molar-refractivity contribution is -0.121. The van der Waals surface area contributed by atoms with Gasteiger partial charge >= 0.3 is 6.03 Å². The average molecular weight is 348 g/mol. The van der Waals surface area contributed by atoms with Crippen LogP contribution in [0.15, 0.2) is 30.9 Å². The van der Waals surface area contributed by atoms with Gasteiger partial charge in [0.25, 0.3) is 0 Å². The number of benzene rings is 1. The molecule has 0 fully saturated rings. The first-order valence-electron chi connectivity index (χ1n) is 7.98. The van der Waals surface area contributed by atoms with Gasteiger partial charge in [0, 0.05) is 24.7 Å². The van der Waals surface area contributed by atoms with E-state index in [4.69, 9.17) is 0 Å². The smallest absolute Gasteiger partial charge is 0.319 e. The second-order valence-electron chi connectivity index (χ2n) is 5.51. The first-order valence-corrected chi connectivity index (χ1v) is 7.98. The van der Waals surface area contributed by atoms with Crippen molar-refractivity contribution >= 4 is 17.6 Å². The maximum atomic E-state index is 14.1. The van der Waals surface area contributed by atoms with Crippen LogP contribution in [-0.2, 0) is 4.79 Å². The monoisotopic (exact) mass is 348 g/mol. The van der Waals surface area contributed by atoms with Crippen molar-refractivity contribution in [1.82, 2.24) is 25.4 Å². The Bertz CT molecular complexity index is 719. The lowest BCUT2D eigenvalue weighted by atomic mass is 10.2. The van der Waals surface area contributed by atoms with E-state index in [1.807, 2.05) is 13.8 Å². The summed E-state index contributed by atoms with van der Waals surface area (Å²) in [6, 6.07) is 3.82. The van der Waals surface area contributed by atoms with Gasteiger partial charge in [-0.05, 0) is 31.5 Å². The number of urea groups is 1. The molecular weight excluding hydrogens is 327 g/mol. The predicted octanol–water partition coefficient (Wildman–Crippen LogP) is 1.83. The molecule has 0 saturated heterocycles. The third-order valence-corrected chi connectivity index (χ3v) is 3.53. The number of nitrogens with one attached hydrogen (secondary N) is 3. The van der Waals surface area contributed by atoms with Crippen LogP contribution in [0.1, 0.15) is 26.7 Å². The topological polar surface area (TPSA) is 101 Å². The van der Waals surface area contributed by atoms with Gasteiger partial charge in [0.15, 0.2) is 5.82 Å². The Balaban J connectivity index is 1.81. The Morgan fingerprint density at radius 3 is 2.80 bits per heavy atom. The molecule has 8 nitrogen and oxygen atoms in total. The number of aromatic nitrogens is 3. The van der Waals surface area contributed by atoms with Crippen molar-refractivity contribution in [2.75, 3.05) is 11.9 Å². The van der Waals surface area contributed by atoms with Gasteiger partial charge in [-0.3, -0.25) is 4.79 Å². The lowest BCUT2D eigenvalue weighted by Gasteiger charge is -2.12. The van der Waals surface area contributed by atoms with E-state index in [0.717, 1.165) is 6.42 Å². The van der Waals surface area contributed by atoms with Crippen molar-refractivity contribution in [3.8, 4) is 5.69 Å². The van der Waals surface area contributed by atoms with Crippen molar-refractivity contribution in [1.29, 1.82) is 0 Å². The Labute approximate surface area is 144 Å². The van der Waals surface area contributed by atoms with E-state index in [2.05, 4.69) is 26.0 Å². The summed E-state index contributed by atoms with van der Waals surface area (Å²) >= 11 is 0. The summed E-state index contributed by atoms with van der Waals surface area (Å²) in [5, 5.41) is 11.7. The minimum atomic E-state index is -0.545. The number of amides is 3. The SMILES string of the molecule is CC[C@H](C)NC(=O)CCNC(=O)Nc1ccc(-n2cncn2)c(F)c1. The number of anilines is 1.